The molecule has 5 nitrogen and oxygen atoms in total. The molecule has 1 unspecified atom stereocenters. The molecule has 1 aromatic rings. The van der Waals surface area contributed by atoms with E-state index in [1.807, 2.05) is 18.9 Å². The zero-order chi connectivity index (χ0) is 13.0. The summed E-state index contributed by atoms with van der Waals surface area (Å²) in [6.45, 7) is 6.11. The molecule has 1 heterocycles. The maximum atomic E-state index is 8.73. The lowest BCUT2D eigenvalue weighted by Crippen LogP contribution is -2.30. The van der Waals surface area contributed by atoms with Crippen molar-refractivity contribution >= 4 is 11.6 Å². The van der Waals surface area contributed by atoms with Crippen molar-refractivity contribution in [2.45, 2.75) is 39.2 Å². The molecule has 0 saturated heterocycles. The van der Waals surface area contributed by atoms with Crippen molar-refractivity contribution in [2.24, 2.45) is 0 Å². The number of hydrogen-bond acceptors (Lipinski definition) is 5. The molecule has 1 atom stereocenters. The highest BCUT2D eigenvalue weighted by molar-refractivity contribution is 5.58. The van der Waals surface area contributed by atoms with Gasteiger partial charge in [0, 0.05) is 18.7 Å². The van der Waals surface area contributed by atoms with Crippen LogP contribution in [0.4, 0.5) is 11.6 Å². The van der Waals surface area contributed by atoms with E-state index in [9.17, 15) is 0 Å². The van der Waals surface area contributed by atoms with Crippen LogP contribution in [-0.4, -0.2) is 23.1 Å². The predicted molar refractivity (Wildman–Crippen MR) is 68.6 cm³/mol. The van der Waals surface area contributed by atoms with Crippen LogP contribution in [0.2, 0.25) is 0 Å². The van der Waals surface area contributed by atoms with Crippen LogP contribution in [0, 0.1) is 11.3 Å². The summed E-state index contributed by atoms with van der Waals surface area (Å²) in [4.78, 5) is 10.3. The highest BCUT2D eigenvalue weighted by Gasteiger charge is 2.19. The van der Waals surface area contributed by atoms with Gasteiger partial charge in [0.1, 0.15) is 18.0 Å². The van der Waals surface area contributed by atoms with Gasteiger partial charge in [0.25, 0.3) is 0 Å². The Kier molecular flexibility index (Phi) is 4.27. The molecule has 0 saturated carbocycles. The van der Waals surface area contributed by atoms with Crippen LogP contribution in [0.25, 0.3) is 0 Å². The van der Waals surface area contributed by atoms with Gasteiger partial charge >= 0.3 is 0 Å². The molecular formula is C12H19N5. The number of nitrogens with zero attached hydrogens (tertiary/aromatic N) is 4. The van der Waals surface area contributed by atoms with Crippen molar-refractivity contribution in [3.05, 3.63) is 11.9 Å². The molecule has 0 spiro atoms. The van der Waals surface area contributed by atoms with Crippen LogP contribution in [0.15, 0.2) is 6.33 Å². The SMILES string of the molecule is CC(C)c1c(N)ncnc1N(C)C(C)CC#N. The van der Waals surface area contributed by atoms with Crippen molar-refractivity contribution in [3.63, 3.8) is 0 Å². The van der Waals surface area contributed by atoms with Gasteiger partial charge in [0.15, 0.2) is 0 Å². The monoisotopic (exact) mass is 233 g/mol. The Morgan fingerprint density at radius 3 is 2.59 bits per heavy atom. The predicted octanol–water partition coefficient (Wildman–Crippen LogP) is 1.92. The van der Waals surface area contributed by atoms with E-state index in [0.717, 1.165) is 11.4 Å². The lowest BCUT2D eigenvalue weighted by molar-refractivity contribution is 0.683. The molecule has 5 heteroatoms. The molecule has 2 N–H and O–H groups in total. The summed E-state index contributed by atoms with van der Waals surface area (Å²) in [6.07, 6.45) is 1.92. The molecule has 1 rings (SSSR count). The van der Waals surface area contributed by atoms with Crippen molar-refractivity contribution in [2.75, 3.05) is 17.7 Å². The van der Waals surface area contributed by atoms with E-state index in [1.54, 1.807) is 0 Å². The largest absolute Gasteiger partial charge is 0.383 e. The molecule has 0 aromatic carbocycles. The number of nitriles is 1. The molecule has 0 aliphatic rings. The second kappa shape index (κ2) is 5.48. The van der Waals surface area contributed by atoms with Gasteiger partial charge < -0.3 is 10.6 Å². The smallest absolute Gasteiger partial charge is 0.137 e. The van der Waals surface area contributed by atoms with Crippen molar-refractivity contribution in [3.8, 4) is 6.07 Å². The fourth-order valence-electron chi connectivity index (χ4n) is 1.71. The van der Waals surface area contributed by atoms with Crippen LogP contribution in [0.3, 0.4) is 0 Å². The van der Waals surface area contributed by atoms with Gasteiger partial charge in [0.2, 0.25) is 0 Å². The average Bonchev–Trinajstić information content (AvgIpc) is 2.27. The Morgan fingerprint density at radius 1 is 1.41 bits per heavy atom. The van der Waals surface area contributed by atoms with Gasteiger partial charge in [-0.15, -0.1) is 0 Å². The third kappa shape index (κ3) is 2.84. The summed E-state index contributed by atoms with van der Waals surface area (Å²) in [7, 11) is 1.93. The molecule has 17 heavy (non-hydrogen) atoms. The Hall–Kier alpha value is -1.83. The van der Waals surface area contributed by atoms with Crippen LogP contribution in [0.5, 0.6) is 0 Å². The zero-order valence-corrected chi connectivity index (χ0v) is 10.8. The number of nitrogen functional groups attached to an aromatic ring is 1. The van der Waals surface area contributed by atoms with Crippen LogP contribution in [0.1, 0.15) is 38.7 Å². The number of anilines is 2. The first-order valence-electron chi connectivity index (χ1n) is 5.69. The number of aromatic nitrogens is 2. The van der Waals surface area contributed by atoms with Gasteiger partial charge in [-0.05, 0) is 12.8 Å². The summed E-state index contributed by atoms with van der Waals surface area (Å²) >= 11 is 0. The topological polar surface area (TPSA) is 78.8 Å². The second-order valence-electron chi connectivity index (χ2n) is 4.47. The molecule has 0 amide bonds. The van der Waals surface area contributed by atoms with Gasteiger partial charge in [-0.25, -0.2) is 9.97 Å². The lowest BCUT2D eigenvalue weighted by Gasteiger charge is -2.27. The molecule has 0 aliphatic carbocycles. The Labute approximate surface area is 102 Å². The minimum absolute atomic E-state index is 0.104. The van der Waals surface area contributed by atoms with E-state index in [1.165, 1.54) is 6.33 Å². The summed E-state index contributed by atoms with van der Waals surface area (Å²) in [5, 5.41) is 8.73. The van der Waals surface area contributed by atoms with Crippen molar-refractivity contribution in [1.82, 2.24) is 9.97 Å². The first-order valence-corrected chi connectivity index (χ1v) is 5.69. The summed E-state index contributed by atoms with van der Waals surface area (Å²) < 4.78 is 0. The van der Waals surface area contributed by atoms with Gasteiger partial charge in [0.05, 0.1) is 12.5 Å². The van der Waals surface area contributed by atoms with E-state index in [4.69, 9.17) is 11.0 Å². The number of hydrogen-bond donors (Lipinski definition) is 1. The third-order valence-electron chi connectivity index (χ3n) is 2.85. The quantitative estimate of drug-likeness (QED) is 0.859. The molecule has 0 bridgehead atoms. The maximum absolute atomic E-state index is 8.73. The minimum atomic E-state index is 0.104. The normalized spacial score (nSPS) is 12.2. The average molecular weight is 233 g/mol. The van der Waals surface area contributed by atoms with Gasteiger partial charge in [-0.3, -0.25) is 0 Å². The van der Waals surface area contributed by atoms with Crippen LogP contribution < -0.4 is 10.6 Å². The van der Waals surface area contributed by atoms with E-state index in [-0.39, 0.29) is 12.0 Å². The van der Waals surface area contributed by atoms with E-state index >= 15 is 0 Å². The summed E-state index contributed by atoms with van der Waals surface area (Å²) in [5.41, 5.74) is 6.84. The van der Waals surface area contributed by atoms with Crippen LogP contribution >= 0.6 is 0 Å². The van der Waals surface area contributed by atoms with E-state index in [2.05, 4.69) is 29.9 Å². The van der Waals surface area contributed by atoms with Gasteiger partial charge in [-0.2, -0.15) is 5.26 Å². The standard InChI is InChI=1S/C12H19N5/c1-8(2)10-11(14)15-7-16-12(10)17(4)9(3)5-6-13/h7-9H,5H2,1-4H3,(H2,14,15,16). The fourth-order valence-corrected chi connectivity index (χ4v) is 1.71. The minimum Gasteiger partial charge on any atom is -0.383 e. The number of nitrogens with two attached hydrogens (primary N) is 1. The first-order chi connectivity index (χ1) is 7.99. The Bertz CT molecular complexity index is 421. The molecule has 1 aromatic heterocycles. The Morgan fingerprint density at radius 2 is 2.06 bits per heavy atom. The highest BCUT2D eigenvalue weighted by Crippen LogP contribution is 2.29. The molecule has 92 valence electrons. The van der Waals surface area contributed by atoms with Gasteiger partial charge in [-0.1, -0.05) is 13.8 Å². The second-order valence-corrected chi connectivity index (χ2v) is 4.47. The molecule has 0 radical (unpaired) electrons. The molecule has 0 fully saturated rings. The summed E-state index contributed by atoms with van der Waals surface area (Å²) in [6, 6.07) is 2.27. The van der Waals surface area contributed by atoms with E-state index < -0.39 is 0 Å². The number of rotatable bonds is 4. The maximum Gasteiger partial charge on any atom is 0.137 e. The summed E-state index contributed by atoms with van der Waals surface area (Å²) in [5.74, 6) is 1.58. The zero-order valence-electron chi connectivity index (χ0n) is 10.8. The fraction of sp³-hybridized carbons (Fsp3) is 0.583. The van der Waals surface area contributed by atoms with Crippen molar-refractivity contribution in [1.29, 1.82) is 5.26 Å². The lowest BCUT2D eigenvalue weighted by atomic mass is 10.0. The van der Waals surface area contributed by atoms with E-state index in [0.29, 0.717) is 12.2 Å². The van der Waals surface area contributed by atoms with Crippen molar-refractivity contribution < 1.29 is 0 Å². The Balaban J connectivity index is 3.13. The highest BCUT2D eigenvalue weighted by atomic mass is 15.2. The van der Waals surface area contributed by atoms with Crippen LogP contribution in [-0.2, 0) is 0 Å². The molecule has 0 aliphatic heterocycles. The first kappa shape index (κ1) is 13.2. The third-order valence-corrected chi connectivity index (χ3v) is 2.85. The molecular weight excluding hydrogens is 214 g/mol.